The maximum Gasteiger partial charge on any atom is 0.421 e. The fourth-order valence-electron chi connectivity index (χ4n) is 3.61. The Hall–Kier alpha value is -3.73. The highest BCUT2D eigenvalue weighted by atomic mass is 19.4. The van der Waals surface area contributed by atoms with Crippen LogP contribution in [0, 0.1) is 0 Å². The largest absolute Gasteiger partial charge is 0.421 e. The molecular formula is C24H25F3N4O4. The third-order valence-electron chi connectivity index (χ3n) is 5.51. The van der Waals surface area contributed by atoms with Crippen molar-refractivity contribution >= 4 is 22.6 Å². The van der Waals surface area contributed by atoms with Crippen molar-refractivity contribution < 1.29 is 27.9 Å². The van der Waals surface area contributed by atoms with E-state index in [9.17, 15) is 32.7 Å². The van der Waals surface area contributed by atoms with Crippen molar-refractivity contribution in [2.45, 2.75) is 50.9 Å². The number of aryl methyl sites for hydroxylation is 1. The predicted octanol–water partition coefficient (Wildman–Crippen LogP) is 3.19. The Morgan fingerprint density at radius 2 is 1.60 bits per heavy atom. The minimum absolute atomic E-state index is 0.175. The van der Waals surface area contributed by atoms with Gasteiger partial charge in [-0.25, -0.2) is 4.68 Å². The lowest BCUT2D eigenvalue weighted by Gasteiger charge is -2.30. The lowest BCUT2D eigenvalue weighted by molar-refractivity contribution is -0.267. The van der Waals surface area contributed by atoms with Gasteiger partial charge in [-0.05, 0) is 18.1 Å². The van der Waals surface area contributed by atoms with E-state index in [0.717, 1.165) is 29.7 Å². The average Bonchev–Trinajstić information content (AvgIpc) is 2.84. The molecule has 2 aromatic carbocycles. The SMILES string of the molecule is CCCCCn1nc(C(=O)NNC(=O)CC(O)(c2ccccc2)C(F)(F)F)c2ccccc2c1=O. The second-order valence-electron chi connectivity index (χ2n) is 8.03. The van der Waals surface area contributed by atoms with Crippen LogP contribution in [0.3, 0.4) is 0 Å². The molecule has 0 aliphatic heterocycles. The van der Waals surface area contributed by atoms with Crippen LogP contribution >= 0.6 is 0 Å². The van der Waals surface area contributed by atoms with E-state index in [4.69, 9.17) is 0 Å². The molecule has 1 unspecified atom stereocenters. The van der Waals surface area contributed by atoms with E-state index < -0.39 is 35.6 Å². The first-order valence-electron chi connectivity index (χ1n) is 11.0. The number of halogens is 3. The lowest BCUT2D eigenvalue weighted by atomic mass is 9.89. The van der Waals surface area contributed by atoms with Crippen LogP contribution in [0.5, 0.6) is 0 Å². The highest BCUT2D eigenvalue weighted by molar-refractivity contribution is 6.05. The van der Waals surface area contributed by atoms with Crippen molar-refractivity contribution in [3.8, 4) is 0 Å². The number of hydrazine groups is 1. The zero-order chi connectivity index (χ0) is 25.6. The fraction of sp³-hybridized carbons (Fsp3) is 0.333. The van der Waals surface area contributed by atoms with E-state index in [1.165, 1.54) is 30.3 Å². The Bertz CT molecular complexity index is 1260. The van der Waals surface area contributed by atoms with Crippen molar-refractivity contribution in [1.29, 1.82) is 0 Å². The molecule has 0 radical (unpaired) electrons. The molecule has 3 rings (SSSR count). The summed E-state index contributed by atoms with van der Waals surface area (Å²) >= 11 is 0. The first-order valence-corrected chi connectivity index (χ1v) is 11.0. The Labute approximate surface area is 198 Å². The predicted molar refractivity (Wildman–Crippen MR) is 122 cm³/mol. The maximum absolute atomic E-state index is 13.6. The van der Waals surface area contributed by atoms with Crippen LogP contribution in [0.15, 0.2) is 59.4 Å². The van der Waals surface area contributed by atoms with Gasteiger partial charge in [0.15, 0.2) is 11.3 Å². The lowest BCUT2D eigenvalue weighted by Crippen LogP contribution is -2.49. The van der Waals surface area contributed by atoms with Crippen molar-refractivity contribution in [3.05, 3.63) is 76.2 Å². The molecule has 3 N–H and O–H groups in total. The average molecular weight is 490 g/mol. The molecule has 0 spiro atoms. The summed E-state index contributed by atoms with van der Waals surface area (Å²) in [5.41, 5.74) is -0.586. The minimum Gasteiger partial charge on any atom is -0.376 e. The Balaban J connectivity index is 1.81. The van der Waals surface area contributed by atoms with Gasteiger partial charge in [0.25, 0.3) is 11.5 Å². The number of carbonyl (C=O) groups is 2. The quantitative estimate of drug-likeness (QED) is 0.332. The molecule has 35 heavy (non-hydrogen) atoms. The van der Waals surface area contributed by atoms with E-state index in [1.807, 2.05) is 17.8 Å². The second kappa shape index (κ2) is 10.7. The Morgan fingerprint density at radius 3 is 2.23 bits per heavy atom. The number of amides is 2. The number of hydrogen-bond acceptors (Lipinski definition) is 5. The molecule has 2 amide bonds. The van der Waals surface area contributed by atoms with Crippen LogP contribution in [-0.4, -0.2) is 32.9 Å². The number of alkyl halides is 3. The number of aliphatic hydroxyl groups is 1. The summed E-state index contributed by atoms with van der Waals surface area (Å²) in [6.45, 7) is 2.27. The molecule has 1 heterocycles. The fourth-order valence-corrected chi connectivity index (χ4v) is 3.61. The monoisotopic (exact) mass is 490 g/mol. The first kappa shape index (κ1) is 25.9. The van der Waals surface area contributed by atoms with E-state index in [-0.39, 0.29) is 28.6 Å². The highest BCUT2D eigenvalue weighted by Gasteiger charge is 2.56. The number of unbranched alkanes of at least 4 members (excludes halogenated alkanes) is 2. The zero-order valence-corrected chi connectivity index (χ0v) is 18.9. The molecule has 0 saturated heterocycles. The van der Waals surface area contributed by atoms with Crippen LogP contribution < -0.4 is 16.4 Å². The van der Waals surface area contributed by atoms with E-state index >= 15 is 0 Å². The molecule has 1 atom stereocenters. The molecule has 11 heteroatoms. The normalized spacial score (nSPS) is 13.3. The van der Waals surface area contributed by atoms with Crippen molar-refractivity contribution in [2.75, 3.05) is 0 Å². The summed E-state index contributed by atoms with van der Waals surface area (Å²) in [4.78, 5) is 37.8. The third kappa shape index (κ3) is 5.68. The molecule has 0 fully saturated rings. The van der Waals surface area contributed by atoms with Gasteiger partial charge < -0.3 is 5.11 Å². The molecule has 0 bridgehead atoms. The number of hydrogen-bond donors (Lipinski definition) is 3. The van der Waals surface area contributed by atoms with Gasteiger partial charge >= 0.3 is 6.18 Å². The summed E-state index contributed by atoms with van der Waals surface area (Å²) in [5, 5.41) is 14.9. The van der Waals surface area contributed by atoms with E-state index in [2.05, 4.69) is 5.10 Å². The van der Waals surface area contributed by atoms with Gasteiger partial charge in [0, 0.05) is 11.9 Å². The van der Waals surface area contributed by atoms with Crippen molar-refractivity contribution in [1.82, 2.24) is 20.6 Å². The van der Waals surface area contributed by atoms with Crippen LogP contribution in [0.4, 0.5) is 13.2 Å². The van der Waals surface area contributed by atoms with Gasteiger partial charge in [-0.1, -0.05) is 68.3 Å². The Morgan fingerprint density at radius 1 is 0.971 bits per heavy atom. The summed E-state index contributed by atoms with van der Waals surface area (Å²) in [7, 11) is 0. The molecule has 186 valence electrons. The number of fused-ring (bicyclic) bond motifs is 1. The van der Waals surface area contributed by atoms with Crippen molar-refractivity contribution in [3.63, 3.8) is 0 Å². The number of nitrogens with zero attached hydrogens (tertiary/aromatic N) is 2. The molecule has 8 nitrogen and oxygen atoms in total. The van der Waals surface area contributed by atoms with Crippen LogP contribution in [0.1, 0.15) is 48.7 Å². The zero-order valence-electron chi connectivity index (χ0n) is 18.9. The summed E-state index contributed by atoms with van der Waals surface area (Å²) in [5.74, 6) is -2.20. The second-order valence-corrected chi connectivity index (χ2v) is 8.03. The van der Waals surface area contributed by atoms with Crippen molar-refractivity contribution in [2.24, 2.45) is 0 Å². The number of nitrogens with one attached hydrogen (secondary N) is 2. The van der Waals surface area contributed by atoms with Gasteiger partial charge in [0.05, 0.1) is 11.8 Å². The Kier molecular flexibility index (Phi) is 7.90. The minimum atomic E-state index is -5.15. The molecule has 1 aromatic heterocycles. The van der Waals surface area contributed by atoms with E-state index in [0.29, 0.717) is 6.42 Å². The third-order valence-corrected chi connectivity index (χ3v) is 5.51. The van der Waals surface area contributed by atoms with Crippen LogP contribution in [-0.2, 0) is 16.9 Å². The first-order chi connectivity index (χ1) is 16.6. The molecule has 0 aliphatic carbocycles. The smallest absolute Gasteiger partial charge is 0.376 e. The summed E-state index contributed by atoms with van der Waals surface area (Å²) in [6, 6.07) is 12.5. The number of aromatic nitrogens is 2. The van der Waals surface area contributed by atoms with Gasteiger partial charge in [-0.15, -0.1) is 0 Å². The summed E-state index contributed by atoms with van der Waals surface area (Å²) in [6.07, 6.45) is -4.11. The maximum atomic E-state index is 13.6. The number of benzene rings is 2. The summed E-state index contributed by atoms with van der Waals surface area (Å²) < 4.78 is 42.1. The van der Waals surface area contributed by atoms with Gasteiger partial charge in [-0.2, -0.15) is 18.3 Å². The number of rotatable bonds is 8. The van der Waals surface area contributed by atoms with Gasteiger partial charge in [-0.3, -0.25) is 25.2 Å². The van der Waals surface area contributed by atoms with Gasteiger partial charge in [0.1, 0.15) is 0 Å². The molecular weight excluding hydrogens is 465 g/mol. The standard InChI is InChI=1S/C24H25F3N4O4/c1-2-3-9-14-31-22(34)18-13-8-7-12-17(18)20(30-31)21(33)29-28-19(32)15-23(35,24(25,26)27)16-10-5-4-6-11-16/h4-8,10-13,35H,2-3,9,14-15H2,1H3,(H,28,32)(H,29,33). The topological polar surface area (TPSA) is 113 Å². The molecule has 0 saturated carbocycles. The molecule has 3 aromatic rings. The van der Waals surface area contributed by atoms with E-state index in [1.54, 1.807) is 12.1 Å². The van der Waals surface area contributed by atoms with Crippen LogP contribution in [0.25, 0.3) is 10.8 Å². The molecule has 0 aliphatic rings. The van der Waals surface area contributed by atoms with Crippen LogP contribution in [0.2, 0.25) is 0 Å². The highest BCUT2D eigenvalue weighted by Crippen LogP contribution is 2.41. The number of carbonyl (C=O) groups excluding carboxylic acids is 2. The van der Waals surface area contributed by atoms with Gasteiger partial charge in [0.2, 0.25) is 5.91 Å².